The summed E-state index contributed by atoms with van der Waals surface area (Å²) in [6.45, 7) is -7.25. The van der Waals surface area contributed by atoms with Crippen LogP contribution < -0.4 is 0 Å². The lowest BCUT2D eigenvalue weighted by atomic mass is 10.2. The van der Waals surface area contributed by atoms with Gasteiger partial charge in [0.05, 0.1) is 21.9 Å². The van der Waals surface area contributed by atoms with Crippen LogP contribution in [0, 0.1) is 0 Å². The van der Waals surface area contributed by atoms with Gasteiger partial charge in [0.1, 0.15) is 4.75 Å². The third-order valence-corrected chi connectivity index (χ3v) is 3.04. The molecule has 3 nitrogen and oxygen atoms in total. The maximum Gasteiger partial charge on any atom is 0.324 e. The van der Waals surface area contributed by atoms with E-state index in [0.29, 0.717) is 0 Å². The summed E-state index contributed by atoms with van der Waals surface area (Å²) >= 11 is 0. The van der Waals surface area contributed by atoms with Crippen LogP contribution in [-0.2, 0) is 20.3 Å². The van der Waals surface area contributed by atoms with E-state index in [2.05, 4.69) is 4.74 Å². The van der Waals surface area contributed by atoms with Crippen LogP contribution in [0.15, 0.2) is 35.2 Å². The van der Waals surface area contributed by atoms with Crippen LogP contribution in [0.1, 0.15) is 26.0 Å². The first-order chi connectivity index (χ1) is 10.6. The molecule has 0 saturated heterocycles. The lowest BCUT2D eigenvalue weighted by Crippen LogP contribution is -2.37. The van der Waals surface area contributed by atoms with Gasteiger partial charge in [-0.05, 0) is 25.8 Å². The summed E-state index contributed by atoms with van der Waals surface area (Å²) in [5, 5.41) is 0. The third-order valence-electron chi connectivity index (χ3n) is 1.62. The normalized spacial score (nSPS) is 24.7. The molecule has 0 saturated carbocycles. The summed E-state index contributed by atoms with van der Waals surface area (Å²) in [6.07, 6.45) is 0. The third kappa shape index (κ3) is 2.45. The van der Waals surface area contributed by atoms with Gasteiger partial charge in [-0.3, -0.25) is 9.00 Å². The van der Waals surface area contributed by atoms with Crippen molar-refractivity contribution in [2.45, 2.75) is 23.3 Å². The maximum absolute atomic E-state index is 12.8. The van der Waals surface area contributed by atoms with Crippen LogP contribution in [0.3, 0.4) is 0 Å². The van der Waals surface area contributed by atoms with Gasteiger partial charge in [0.15, 0.2) is 0 Å². The topological polar surface area (TPSA) is 43.4 Å². The van der Waals surface area contributed by atoms with E-state index >= 15 is 0 Å². The largest absolute Gasteiger partial charge is 0.468 e. The Balaban J connectivity index is 3.68. The number of rotatable bonds is 3. The standard InChI is InChI=1S/C11H14O3S/c1-11(2,10(12)14-3)15(13)9-7-5-4-6-8-9/h4-8H,1-3H3/i1D3,2D3,3D3. The average Bonchev–Trinajstić information content (AvgIpc) is 2.34. The Labute approximate surface area is 105 Å². The molecular formula is C11H14O3S. The van der Waals surface area contributed by atoms with Gasteiger partial charge < -0.3 is 4.74 Å². The van der Waals surface area contributed by atoms with E-state index in [1.165, 1.54) is 30.3 Å². The number of carbonyl (C=O) groups is 1. The molecule has 1 rings (SSSR count). The van der Waals surface area contributed by atoms with Gasteiger partial charge in [-0.2, -0.15) is 0 Å². The molecule has 1 aromatic carbocycles. The minimum atomic E-state index is -3.62. The molecule has 0 radical (unpaired) electrons. The van der Waals surface area contributed by atoms with Crippen LogP contribution in [-0.4, -0.2) is 22.0 Å². The highest BCUT2D eigenvalue weighted by Crippen LogP contribution is 2.21. The number of hydrogen-bond donors (Lipinski definition) is 0. The van der Waals surface area contributed by atoms with Crippen molar-refractivity contribution in [2.24, 2.45) is 0 Å². The van der Waals surface area contributed by atoms with Crippen LogP contribution >= 0.6 is 0 Å². The Morgan fingerprint density at radius 1 is 1.40 bits per heavy atom. The first-order valence-corrected chi connectivity index (χ1v) is 5.00. The summed E-state index contributed by atoms with van der Waals surface area (Å²) in [5.74, 6) is -2.09. The molecule has 1 atom stereocenters. The Hall–Kier alpha value is -1.16. The molecule has 0 bridgehead atoms. The fourth-order valence-corrected chi connectivity index (χ4v) is 1.82. The molecule has 0 aliphatic heterocycles. The quantitative estimate of drug-likeness (QED) is 0.750. The van der Waals surface area contributed by atoms with Crippen LogP contribution in [0.25, 0.3) is 0 Å². The number of esters is 1. The lowest BCUT2D eigenvalue weighted by molar-refractivity contribution is -0.142. The van der Waals surface area contributed by atoms with Crippen LogP contribution in [0.4, 0.5) is 0 Å². The molecule has 82 valence electrons. The highest BCUT2D eigenvalue weighted by atomic mass is 32.2. The van der Waals surface area contributed by atoms with Crippen molar-refractivity contribution >= 4 is 16.8 Å². The molecule has 0 amide bonds. The van der Waals surface area contributed by atoms with Gasteiger partial charge in [0.2, 0.25) is 0 Å². The number of methoxy groups -OCH3 is 1. The number of hydrogen-bond acceptors (Lipinski definition) is 3. The number of ether oxygens (including phenoxy) is 1. The highest BCUT2D eigenvalue weighted by molar-refractivity contribution is 7.87. The summed E-state index contributed by atoms with van der Waals surface area (Å²) in [7, 11) is -6.32. The molecule has 0 spiro atoms. The molecule has 0 aliphatic carbocycles. The second-order valence-electron chi connectivity index (χ2n) is 2.65. The van der Waals surface area contributed by atoms with Crippen molar-refractivity contribution in [3.63, 3.8) is 0 Å². The molecule has 0 aliphatic rings. The average molecular weight is 235 g/mol. The van der Waals surface area contributed by atoms with E-state index < -0.39 is 42.3 Å². The number of carbonyl (C=O) groups excluding carboxylic acids is 1. The van der Waals surface area contributed by atoms with Crippen molar-refractivity contribution in [3.8, 4) is 0 Å². The highest BCUT2D eigenvalue weighted by Gasteiger charge is 2.36. The van der Waals surface area contributed by atoms with Crippen molar-refractivity contribution in [1.82, 2.24) is 0 Å². The number of benzene rings is 1. The van der Waals surface area contributed by atoms with Gasteiger partial charge in [-0.25, -0.2) is 0 Å². The summed E-state index contributed by atoms with van der Waals surface area (Å²) in [6, 6.07) is 6.59. The predicted molar refractivity (Wildman–Crippen MR) is 58.9 cm³/mol. The van der Waals surface area contributed by atoms with E-state index in [4.69, 9.17) is 12.3 Å². The van der Waals surface area contributed by atoms with E-state index in [9.17, 15) is 9.00 Å². The van der Waals surface area contributed by atoms with Crippen LogP contribution in [0.5, 0.6) is 0 Å². The molecule has 15 heavy (non-hydrogen) atoms. The van der Waals surface area contributed by atoms with Crippen LogP contribution in [0.2, 0.25) is 0 Å². The molecule has 0 N–H and O–H groups in total. The summed E-state index contributed by atoms with van der Waals surface area (Å²) in [4.78, 5) is 12.0. The van der Waals surface area contributed by atoms with Gasteiger partial charge in [-0.15, -0.1) is 0 Å². The maximum atomic E-state index is 12.8. The zero-order valence-electron chi connectivity index (χ0n) is 16.5. The molecular weight excluding hydrogens is 212 g/mol. The van der Waals surface area contributed by atoms with Crippen molar-refractivity contribution < 1.29 is 26.1 Å². The Bertz CT molecular complexity index is 604. The van der Waals surface area contributed by atoms with E-state index in [1.807, 2.05) is 0 Å². The molecule has 4 heteroatoms. The summed E-state index contributed by atoms with van der Waals surface area (Å²) in [5.41, 5.74) is 0. The Morgan fingerprint density at radius 3 is 2.60 bits per heavy atom. The van der Waals surface area contributed by atoms with Gasteiger partial charge >= 0.3 is 5.97 Å². The van der Waals surface area contributed by atoms with Gasteiger partial charge in [0, 0.05) is 13.1 Å². The minimum absolute atomic E-state index is 0.257. The Morgan fingerprint density at radius 2 is 2.07 bits per heavy atom. The van der Waals surface area contributed by atoms with E-state index in [1.54, 1.807) is 0 Å². The fourth-order valence-electron chi connectivity index (χ4n) is 0.868. The van der Waals surface area contributed by atoms with Gasteiger partial charge in [-0.1, -0.05) is 18.2 Å². The van der Waals surface area contributed by atoms with Crippen molar-refractivity contribution in [1.29, 1.82) is 0 Å². The van der Waals surface area contributed by atoms with E-state index in [0.717, 1.165) is 0 Å². The van der Waals surface area contributed by atoms with Gasteiger partial charge in [0.25, 0.3) is 0 Å². The second kappa shape index (κ2) is 4.57. The van der Waals surface area contributed by atoms with Crippen molar-refractivity contribution in [2.75, 3.05) is 7.04 Å². The minimum Gasteiger partial charge on any atom is -0.468 e. The SMILES string of the molecule is [2H]C([2H])([2H])OC(=O)C(S(=O)c1ccccc1)(C([2H])([2H])[2H])C([2H])([2H])[2H]. The fraction of sp³-hybridized carbons (Fsp3) is 0.364. The zero-order valence-corrected chi connectivity index (χ0v) is 8.34. The molecule has 1 aromatic rings. The first kappa shape index (κ1) is 4.37. The molecule has 0 heterocycles. The Kier molecular flexibility index (Phi) is 1.33. The predicted octanol–water partition coefficient (Wildman–Crippen LogP) is 1.75. The van der Waals surface area contributed by atoms with E-state index in [-0.39, 0.29) is 4.90 Å². The summed E-state index contributed by atoms with van der Waals surface area (Å²) < 4.78 is 79.1. The lowest BCUT2D eigenvalue weighted by Gasteiger charge is -2.20. The molecule has 0 fully saturated rings. The zero-order chi connectivity index (χ0) is 19.0. The van der Waals surface area contributed by atoms with Crippen molar-refractivity contribution in [3.05, 3.63) is 30.3 Å². The monoisotopic (exact) mass is 235 g/mol. The molecule has 0 aromatic heterocycles. The smallest absolute Gasteiger partial charge is 0.324 e. The first-order valence-electron chi connectivity index (χ1n) is 8.35. The second-order valence-corrected chi connectivity index (χ2v) is 4.27. The molecule has 1 unspecified atom stereocenters.